The molecule has 3 heterocycles. The summed E-state index contributed by atoms with van der Waals surface area (Å²) in [6, 6.07) is 12.3. The summed E-state index contributed by atoms with van der Waals surface area (Å²) >= 11 is 0. The molecule has 1 aliphatic heterocycles. The van der Waals surface area contributed by atoms with Crippen molar-refractivity contribution in [3.05, 3.63) is 70.3 Å². The standard InChI is InChI=1S/C18H17N3O/c1-20-10-7-13-8-11-21(12-15(13)18(20)22)17-6-9-19-16-5-3-2-4-14(16)17/h2-7,9-10H,8,11-12H2,1H3. The van der Waals surface area contributed by atoms with E-state index in [4.69, 9.17) is 0 Å². The molecule has 4 rings (SSSR count). The van der Waals surface area contributed by atoms with Crippen molar-refractivity contribution in [2.24, 2.45) is 7.05 Å². The van der Waals surface area contributed by atoms with Crippen LogP contribution in [0.3, 0.4) is 0 Å². The van der Waals surface area contributed by atoms with Crippen molar-refractivity contribution in [2.45, 2.75) is 13.0 Å². The van der Waals surface area contributed by atoms with Crippen LogP contribution in [0.2, 0.25) is 0 Å². The van der Waals surface area contributed by atoms with E-state index < -0.39 is 0 Å². The molecule has 0 fully saturated rings. The minimum absolute atomic E-state index is 0.112. The molecule has 4 heteroatoms. The quantitative estimate of drug-likeness (QED) is 0.691. The topological polar surface area (TPSA) is 38.1 Å². The number of aryl methyl sites for hydroxylation is 1. The van der Waals surface area contributed by atoms with Gasteiger partial charge in [0, 0.05) is 49.2 Å². The second kappa shape index (κ2) is 4.98. The predicted molar refractivity (Wildman–Crippen MR) is 88.2 cm³/mol. The highest BCUT2D eigenvalue weighted by atomic mass is 16.1. The van der Waals surface area contributed by atoms with Crippen LogP contribution in [-0.4, -0.2) is 16.1 Å². The van der Waals surface area contributed by atoms with Crippen molar-refractivity contribution in [3.8, 4) is 0 Å². The summed E-state index contributed by atoms with van der Waals surface area (Å²) in [5, 5.41) is 1.14. The van der Waals surface area contributed by atoms with E-state index in [-0.39, 0.29) is 5.56 Å². The van der Waals surface area contributed by atoms with E-state index in [0.717, 1.165) is 35.1 Å². The molecule has 1 aliphatic rings. The van der Waals surface area contributed by atoms with Crippen molar-refractivity contribution in [1.29, 1.82) is 0 Å². The molecule has 0 spiro atoms. The SMILES string of the molecule is Cn1ccc2c(c1=O)CN(c1ccnc3ccccc13)CC2. The number of anilines is 1. The van der Waals surface area contributed by atoms with Crippen LogP contribution in [0.15, 0.2) is 53.6 Å². The van der Waals surface area contributed by atoms with Gasteiger partial charge in [0.15, 0.2) is 0 Å². The van der Waals surface area contributed by atoms with Crippen LogP contribution < -0.4 is 10.5 Å². The van der Waals surface area contributed by atoms with E-state index in [9.17, 15) is 4.79 Å². The molecule has 0 N–H and O–H groups in total. The Morgan fingerprint density at radius 2 is 2.00 bits per heavy atom. The Hall–Kier alpha value is -2.62. The van der Waals surface area contributed by atoms with E-state index >= 15 is 0 Å². The minimum Gasteiger partial charge on any atom is -0.366 e. The zero-order valence-corrected chi connectivity index (χ0v) is 12.5. The van der Waals surface area contributed by atoms with Crippen LogP contribution in [0, 0.1) is 0 Å². The molecule has 4 nitrogen and oxygen atoms in total. The average Bonchev–Trinajstić information content (AvgIpc) is 2.57. The molecule has 0 unspecified atom stereocenters. The summed E-state index contributed by atoms with van der Waals surface area (Å²) in [4.78, 5) is 19.1. The fourth-order valence-electron chi connectivity index (χ4n) is 3.21. The fraction of sp³-hybridized carbons (Fsp3) is 0.222. The Bertz CT molecular complexity index is 908. The van der Waals surface area contributed by atoms with E-state index in [1.165, 1.54) is 5.56 Å². The zero-order chi connectivity index (χ0) is 15.1. The first-order valence-electron chi connectivity index (χ1n) is 7.50. The van der Waals surface area contributed by atoms with E-state index in [1.54, 1.807) is 4.57 Å². The largest absolute Gasteiger partial charge is 0.366 e. The van der Waals surface area contributed by atoms with Crippen LogP contribution >= 0.6 is 0 Å². The number of pyridine rings is 2. The van der Waals surface area contributed by atoms with Crippen LogP contribution in [0.1, 0.15) is 11.1 Å². The van der Waals surface area contributed by atoms with Gasteiger partial charge in [0.25, 0.3) is 5.56 Å². The Morgan fingerprint density at radius 3 is 2.91 bits per heavy atom. The monoisotopic (exact) mass is 291 g/mol. The number of para-hydroxylation sites is 1. The molecular formula is C18H17N3O. The molecule has 0 aliphatic carbocycles. The molecule has 0 saturated carbocycles. The Balaban J connectivity index is 1.81. The molecular weight excluding hydrogens is 274 g/mol. The summed E-state index contributed by atoms with van der Waals surface area (Å²) < 4.78 is 1.66. The van der Waals surface area contributed by atoms with Gasteiger partial charge >= 0.3 is 0 Å². The Kier molecular flexibility index (Phi) is 2.96. The summed E-state index contributed by atoms with van der Waals surface area (Å²) in [7, 11) is 1.81. The maximum Gasteiger partial charge on any atom is 0.255 e. The highest BCUT2D eigenvalue weighted by Crippen LogP contribution is 2.28. The first kappa shape index (κ1) is 13.1. The number of nitrogens with zero attached hydrogens (tertiary/aromatic N) is 3. The first-order valence-corrected chi connectivity index (χ1v) is 7.50. The lowest BCUT2D eigenvalue weighted by molar-refractivity contribution is 0.702. The van der Waals surface area contributed by atoms with Gasteiger partial charge in [-0.15, -0.1) is 0 Å². The normalized spacial score (nSPS) is 14.1. The molecule has 0 bridgehead atoms. The van der Waals surface area contributed by atoms with Gasteiger partial charge in [-0.3, -0.25) is 9.78 Å². The van der Waals surface area contributed by atoms with Gasteiger partial charge < -0.3 is 9.47 Å². The maximum absolute atomic E-state index is 12.4. The maximum atomic E-state index is 12.4. The third-order valence-electron chi connectivity index (χ3n) is 4.43. The molecule has 2 aromatic heterocycles. The number of fused-ring (bicyclic) bond motifs is 2. The molecule has 1 aromatic carbocycles. The lowest BCUT2D eigenvalue weighted by Crippen LogP contribution is -2.36. The highest BCUT2D eigenvalue weighted by Gasteiger charge is 2.21. The predicted octanol–water partition coefficient (Wildman–Crippen LogP) is 2.50. The number of rotatable bonds is 1. The van der Waals surface area contributed by atoms with Gasteiger partial charge in [0.2, 0.25) is 0 Å². The summed E-state index contributed by atoms with van der Waals surface area (Å²) in [5.41, 5.74) is 4.35. The van der Waals surface area contributed by atoms with Gasteiger partial charge in [-0.2, -0.15) is 0 Å². The highest BCUT2D eigenvalue weighted by molar-refractivity contribution is 5.91. The van der Waals surface area contributed by atoms with E-state index in [0.29, 0.717) is 6.54 Å². The van der Waals surface area contributed by atoms with Crippen molar-refractivity contribution in [2.75, 3.05) is 11.4 Å². The smallest absolute Gasteiger partial charge is 0.255 e. The summed E-state index contributed by atoms with van der Waals surface area (Å²) in [6.45, 7) is 1.59. The van der Waals surface area contributed by atoms with Crippen molar-refractivity contribution >= 4 is 16.6 Å². The number of benzene rings is 1. The second-order valence-corrected chi connectivity index (χ2v) is 5.75. The average molecular weight is 291 g/mol. The molecule has 3 aromatic rings. The zero-order valence-electron chi connectivity index (χ0n) is 12.5. The van der Waals surface area contributed by atoms with Crippen LogP contribution in [0.4, 0.5) is 5.69 Å². The van der Waals surface area contributed by atoms with E-state index in [1.807, 2.05) is 43.7 Å². The molecule has 110 valence electrons. The van der Waals surface area contributed by atoms with Gasteiger partial charge in [-0.25, -0.2) is 0 Å². The molecule has 0 saturated heterocycles. The lowest BCUT2D eigenvalue weighted by atomic mass is 10.0. The van der Waals surface area contributed by atoms with Crippen LogP contribution in [0.25, 0.3) is 10.9 Å². The van der Waals surface area contributed by atoms with Crippen molar-refractivity contribution in [3.63, 3.8) is 0 Å². The van der Waals surface area contributed by atoms with Gasteiger partial charge in [0.05, 0.1) is 5.52 Å². The molecule has 0 atom stereocenters. The third-order valence-corrected chi connectivity index (χ3v) is 4.43. The van der Waals surface area contributed by atoms with E-state index in [2.05, 4.69) is 22.0 Å². The lowest BCUT2D eigenvalue weighted by Gasteiger charge is -2.31. The fourth-order valence-corrected chi connectivity index (χ4v) is 3.21. The van der Waals surface area contributed by atoms with Gasteiger partial charge in [-0.05, 0) is 30.2 Å². The van der Waals surface area contributed by atoms with Gasteiger partial charge in [0.1, 0.15) is 0 Å². The number of hydrogen-bond donors (Lipinski definition) is 0. The summed E-state index contributed by atoms with van der Waals surface area (Å²) in [5.74, 6) is 0. The first-order chi connectivity index (χ1) is 10.7. The Morgan fingerprint density at radius 1 is 1.14 bits per heavy atom. The molecule has 0 amide bonds. The number of aromatic nitrogens is 2. The van der Waals surface area contributed by atoms with Gasteiger partial charge in [-0.1, -0.05) is 18.2 Å². The number of hydrogen-bond acceptors (Lipinski definition) is 3. The summed E-state index contributed by atoms with van der Waals surface area (Å²) in [6.07, 6.45) is 4.61. The molecule has 0 radical (unpaired) electrons. The van der Waals surface area contributed by atoms with Crippen LogP contribution in [0.5, 0.6) is 0 Å². The van der Waals surface area contributed by atoms with Crippen LogP contribution in [-0.2, 0) is 20.0 Å². The Labute approximate surface area is 128 Å². The van der Waals surface area contributed by atoms with Crippen molar-refractivity contribution < 1.29 is 0 Å². The minimum atomic E-state index is 0.112. The molecule has 22 heavy (non-hydrogen) atoms. The van der Waals surface area contributed by atoms with Crippen molar-refractivity contribution in [1.82, 2.24) is 9.55 Å². The third kappa shape index (κ3) is 1.99. The second-order valence-electron chi connectivity index (χ2n) is 5.75.